The van der Waals surface area contributed by atoms with Gasteiger partial charge in [0.1, 0.15) is 0 Å². The van der Waals surface area contributed by atoms with E-state index in [1.807, 2.05) is 14.0 Å². The summed E-state index contributed by atoms with van der Waals surface area (Å²) < 4.78 is 5.01. The van der Waals surface area contributed by atoms with Crippen LogP contribution in [0.15, 0.2) is 0 Å². The molecule has 1 aliphatic rings. The predicted molar refractivity (Wildman–Crippen MR) is 51.4 cm³/mol. The summed E-state index contributed by atoms with van der Waals surface area (Å²) in [6.07, 6.45) is 4.26. The molecular formula is C10H19NO2. The van der Waals surface area contributed by atoms with Gasteiger partial charge in [0.25, 0.3) is 0 Å². The average molecular weight is 185 g/mol. The summed E-state index contributed by atoms with van der Waals surface area (Å²) in [5.74, 6) is 0.119. The number of nitrogens with one attached hydrogen (secondary N) is 1. The fraction of sp³-hybridized carbons (Fsp3) is 0.900. The van der Waals surface area contributed by atoms with Gasteiger partial charge in [0.2, 0.25) is 0 Å². The number of hydrogen-bond donors (Lipinski definition) is 1. The van der Waals surface area contributed by atoms with Gasteiger partial charge in [0, 0.05) is 6.04 Å². The molecule has 1 N–H and O–H groups in total. The van der Waals surface area contributed by atoms with E-state index in [1.54, 1.807) is 0 Å². The predicted octanol–water partition coefficient (Wildman–Crippen LogP) is 1.33. The third kappa shape index (κ3) is 2.99. The van der Waals surface area contributed by atoms with Crippen LogP contribution >= 0.6 is 0 Å². The van der Waals surface area contributed by atoms with Gasteiger partial charge in [-0.15, -0.1) is 0 Å². The summed E-state index contributed by atoms with van der Waals surface area (Å²) in [4.78, 5) is 11.4. The van der Waals surface area contributed by atoms with Gasteiger partial charge < -0.3 is 10.1 Å². The van der Waals surface area contributed by atoms with Gasteiger partial charge in [-0.05, 0) is 33.2 Å². The van der Waals surface area contributed by atoms with Crippen LogP contribution in [0.5, 0.6) is 0 Å². The summed E-state index contributed by atoms with van der Waals surface area (Å²) in [5.41, 5.74) is 0. The van der Waals surface area contributed by atoms with Gasteiger partial charge in [-0.2, -0.15) is 0 Å². The smallest absolute Gasteiger partial charge is 0.308 e. The lowest BCUT2D eigenvalue weighted by atomic mass is 9.86. The Balaban J connectivity index is 2.37. The van der Waals surface area contributed by atoms with Gasteiger partial charge in [-0.1, -0.05) is 6.42 Å². The highest BCUT2D eigenvalue weighted by atomic mass is 16.5. The molecule has 0 aliphatic heterocycles. The maximum Gasteiger partial charge on any atom is 0.308 e. The Labute approximate surface area is 79.8 Å². The topological polar surface area (TPSA) is 38.3 Å². The first kappa shape index (κ1) is 10.5. The Morgan fingerprint density at radius 2 is 2.31 bits per heavy atom. The first-order valence-electron chi connectivity index (χ1n) is 5.11. The van der Waals surface area contributed by atoms with E-state index in [0.717, 1.165) is 19.3 Å². The van der Waals surface area contributed by atoms with Crippen molar-refractivity contribution >= 4 is 5.97 Å². The number of esters is 1. The molecule has 0 radical (unpaired) electrons. The Kier molecular flexibility index (Phi) is 4.22. The van der Waals surface area contributed by atoms with Crippen molar-refractivity contribution in [3.05, 3.63) is 0 Å². The molecule has 0 amide bonds. The second-order valence-electron chi connectivity index (χ2n) is 3.60. The lowest BCUT2D eigenvalue weighted by Crippen LogP contribution is -2.34. The van der Waals surface area contributed by atoms with Crippen LogP contribution < -0.4 is 5.32 Å². The van der Waals surface area contributed by atoms with Crippen LogP contribution in [0.3, 0.4) is 0 Å². The molecule has 0 saturated heterocycles. The van der Waals surface area contributed by atoms with E-state index in [2.05, 4.69) is 5.32 Å². The van der Waals surface area contributed by atoms with Crippen molar-refractivity contribution in [2.24, 2.45) is 5.92 Å². The fourth-order valence-corrected chi connectivity index (χ4v) is 1.93. The summed E-state index contributed by atoms with van der Waals surface area (Å²) in [6.45, 7) is 2.36. The van der Waals surface area contributed by atoms with Crippen LogP contribution in [0.25, 0.3) is 0 Å². The maximum absolute atomic E-state index is 11.4. The Bertz CT molecular complexity index is 170. The van der Waals surface area contributed by atoms with E-state index in [1.165, 1.54) is 6.42 Å². The van der Waals surface area contributed by atoms with Crippen LogP contribution in [0.4, 0.5) is 0 Å². The molecule has 1 aliphatic carbocycles. The number of carbonyl (C=O) groups is 1. The summed E-state index contributed by atoms with van der Waals surface area (Å²) in [7, 11) is 1.96. The summed E-state index contributed by atoms with van der Waals surface area (Å²) in [6, 6.07) is 0.503. The highest BCUT2D eigenvalue weighted by Crippen LogP contribution is 2.24. The number of hydrogen-bond acceptors (Lipinski definition) is 3. The molecule has 0 aromatic carbocycles. The van der Waals surface area contributed by atoms with Crippen molar-refractivity contribution in [3.63, 3.8) is 0 Å². The van der Waals surface area contributed by atoms with Crippen LogP contribution in [0.1, 0.15) is 32.6 Å². The Morgan fingerprint density at radius 3 is 2.92 bits per heavy atom. The quantitative estimate of drug-likeness (QED) is 0.674. The molecule has 0 aromatic heterocycles. The highest BCUT2D eigenvalue weighted by molar-refractivity contribution is 5.72. The summed E-state index contributed by atoms with van der Waals surface area (Å²) in [5, 5.41) is 3.22. The van der Waals surface area contributed by atoms with Crippen molar-refractivity contribution in [1.82, 2.24) is 5.32 Å². The lowest BCUT2D eigenvalue weighted by Gasteiger charge is -2.27. The molecular weight excluding hydrogens is 166 g/mol. The fourth-order valence-electron chi connectivity index (χ4n) is 1.93. The average Bonchev–Trinajstić information content (AvgIpc) is 2.18. The number of rotatable bonds is 3. The van der Waals surface area contributed by atoms with E-state index in [-0.39, 0.29) is 11.9 Å². The minimum absolute atomic E-state index is 0.0116. The molecule has 3 heteroatoms. The molecule has 76 valence electrons. The molecule has 0 spiro atoms. The third-order valence-corrected chi connectivity index (χ3v) is 2.70. The number of ether oxygens (including phenoxy) is 1. The molecule has 3 nitrogen and oxygen atoms in total. The minimum Gasteiger partial charge on any atom is -0.466 e. The van der Waals surface area contributed by atoms with Gasteiger partial charge in [-0.25, -0.2) is 0 Å². The second kappa shape index (κ2) is 5.22. The largest absolute Gasteiger partial charge is 0.466 e. The molecule has 1 saturated carbocycles. The van der Waals surface area contributed by atoms with E-state index in [0.29, 0.717) is 12.6 Å². The monoisotopic (exact) mass is 185 g/mol. The molecule has 2 unspecified atom stereocenters. The second-order valence-corrected chi connectivity index (χ2v) is 3.60. The van der Waals surface area contributed by atoms with Gasteiger partial charge in [0.05, 0.1) is 12.5 Å². The first-order chi connectivity index (χ1) is 6.27. The standard InChI is InChI=1S/C10H19NO2/c1-3-13-10(12)8-5-4-6-9(7-8)11-2/h8-9,11H,3-7H2,1-2H3. The van der Waals surface area contributed by atoms with Crippen LogP contribution in [0.2, 0.25) is 0 Å². The van der Waals surface area contributed by atoms with Gasteiger partial charge in [-0.3, -0.25) is 4.79 Å². The molecule has 13 heavy (non-hydrogen) atoms. The Hall–Kier alpha value is -0.570. The molecule has 0 heterocycles. The van der Waals surface area contributed by atoms with Crippen molar-refractivity contribution in [2.45, 2.75) is 38.6 Å². The molecule has 0 aromatic rings. The van der Waals surface area contributed by atoms with Crippen molar-refractivity contribution in [1.29, 1.82) is 0 Å². The number of carbonyl (C=O) groups excluding carboxylic acids is 1. The molecule has 1 rings (SSSR count). The Morgan fingerprint density at radius 1 is 1.54 bits per heavy atom. The third-order valence-electron chi connectivity index (χ3n) is 2.70. The molecule has 0 bridgehead atoms. The van der Waals surface area contributed by atoms with Crippen LogP contribution in [-0.4, -0.2) is 25.7 Å². The molecule has 2 atom stereocenters. The van der Waals surface area contributed by atoms with Crippen LogP contribution in [0, 0.1) is 5.92 Å². The highest BCUT2D eigenvalue weighted by Gasteiger charge is 2.27. The maximum atomic E-state index is 11.4. The SMILES string of the molecule is CCOC(=O)C1CCCC(NC)C1. The zero-order chi connectivity index (χ0) is 9.68. The van der Waals surface area contributed by atoms with E-state index in [9.17, 15) is 4.79 Å². The molecule has 1 fully saturated rings. The van der Waals surface area contributed by atoms with Crippen molar-refractivity contribution in [3.8, 4) is 0 Å². The lowest BCUT2D eigenvalue weighted by molar-refractivity contribution is -0.149. The van der Waals surface area contributed by atoms with Crippen LogP contribution in [-0.2, 0) is 9.53 Å². The van der Waals surface area contributed by atoms with Gasteiger partial charge in [0.15, 0.2) is 0 Å². The van der Waals surface area contributed by atoms with Crippen molar-refractivity contribution in [2.75, 3.05) is 13.7 Å². The zero-order valence-corrected chi connectivity index (χ0v) is 8.51. The first-order valence-corrected chi connectivity index (χ1v) is 5.11. The van der Waals surface area contributed by atoms with Gasteiger partial charge >= 0.3 is 5.97 Å². The summed E-state index contributed by atoms with van der Waals surface area (Å²) >= 11 is 0. The van der Waals surface area contributed by atoms with Crippen molar-refractivity contribution < 1.29 is 9.53 Å². The van der Waals surface area contributed by atoms with E-state index in [4.69, 9.17) is 4.74 Å². The normalized spacial score (nSPS) is 28.5. The zero-order valence-electron chi connectivity index (χ0n) is 8.51. The van der Waals surface area contributed by atoms with E-state index < -0.39 is 0 Å². The van der Waals surface area contributed by atoms with E-state index >= 15 is 0 Å². The minimum atomic E-state index is -0.0116.